The van der Waals surface area contributed by atoms with Crippen LogP contribution in [0.3, 0.4) is 0 Å². The summed E-state index contributed by atoms with van der Waals surface area (Å²) in [4.78, 5) is 4.53. The molecular weight excluding hydrogens is 268 g/mol. The van der Waals surface area contributed by atoms with Crippen LogP contribution in [0.25, 0.3) is 0 Å². The van der Waals surface area contributed by atoms with Crippen LogP contribution in [0.4, 0.5) is 0 Å². The topological polar surface area (TPSA) is 12.9 Å². The van der Waals surface area contributed by atoms with Crippen LogP contribution in [-0.4, -0.2) is 34.9 Å². The minimum absolute atomic E-state index is 0.548. The quantitative estimate of drug-likeness (QED) is 0.702. The van der Waals surface area contributed by atoms with E-state index >= 15 is 0 Å². The Morgan fingerprint density at radius 2 is 1.55 bits per heavy atom. The maximum atomic E-state index is 4.53. The molecule has 0 bridgehead atoms. The van der Waals surface area contributed by atoms with Crippen molar-refractivity contribution in [1.82, 2.24) is 4.98 Å². The minimum atomic E-state index is 0.548. The molecule has 1 aromatic heterocycles. The van der Waals surface area contributed by atoms with Crippen molar-refractivity contribution in [3.63, 3.8) is 0 Å². The van der Waals surface area contributed by atoms with Gasteiger partial charge in [0.2, 0.25) is 0 Å². The van der Waals surface area contributed by atoms with Crippen molar-refractivity contribution in [2.24, 2.45) is 0 Å². The van der Waals surface area contributed by atoms with E-state index in [2.05, 4.69) is 35.7 Å². The summed E-state index contributed by atoms with van der Waals surface area (Å²) >= 11 is 1.10. The van der Waals surface area contributed by atoms with Crippen LogP contribution in [0.1, 0.15) is 5.56 Å². The van der Waals surface area contributed by atoms with Crippen molar-refractivity contribution < 1.29 is 0 Å². The second-order valence-corrected chi connectivity index (χ2v) is 5.70. The molecule has 0 unspecified atom stereocenters. The fourth-order valence-corrected chi connectivity index (χ4v) is 3.18. The van der Waals surface area contributed by atoms with E-state index in [1.807, 2.05) is 0 Å². The molecular formula is C8H11NSe2. The van der Waals surface area contributed by atoms with Gasteiger partial charge in [-0.25, -0.2) is 0 Å². The van der Waals surface area contributed by atoms with Crippen LogP contribution in [0, 0.1) is 6.92 Å². The first-order chi connectivity index (χ1) is 5.26. The van der Waals surface area contributed by atoms with E-state index < -0.39 is 0 Å². The third kappa shape index (κ3) is 2.61. The SMILES string of the molecule is C[Se]c1cc(C)cc([Se]C)n1. The van der Waals surface area contributed by atoms with Crippen LogP contribution in [-0.2, 0) is 0 Å². The number of nitrogens with zero attached hydrogens (tertiary/aromatic N) is 1. The summed E-state index contributed by atoms with van der Waals surface area (Å²) < 4.78 is 2.58. The first-order valence-corrected chi connectivity index (χ1v) is 8.47. The van der Waals surface area contributed by atoms with Gasteiger partial charge in [0, 0.05) is 0 Å². The predicted octanol–water partition coefficient (Wildman–Crippen LogP) is 0.145. The molecule has 0 radical (unpaired) electrons. The third-order valence-corrected chi connectivity index (χ3v) is 3.97. The molecule has 11 heavy (non-hydrogen) atoms. The van der Waals surface area contributed by atoms with Crippen molar-refractivity contribution in [1.29, 1.82) is 0 Å². The average molecular weight is 279 g/mol. The molecule has 1 heterocycles. The van der Waals surface area contributed by atoms with Crippen LogP contribution in [0.2, 0.25) is 11.6 Å². The Morgan fingerprint density at radius 3 is 1.91 bits per heavy atom. The molecule has 0 aliphatic rings. The van der Waals surface area contributed by atoms with Crippen molar-refractivity contribution >= 4 is 39.1 Å². The molecule has 1 aromatic rings. The fourth-order valence-electron chi connectivity index (χ4n) is 0.813. The van der Waals surface area contributed by atoms with E-state index in [-0.39, 0.29) is 0 Å². The Labute approximate surface area is 80.3 Å². The van der Waals surface area contributed by atoms with Gasteiger partial charge in [-0.1, -0.05) is 0 Å². The van der Waals surface area contributed by atoms with Crippen LogP contribution >= 0.6 is 0 Å². The molecule has 1 rings (SSSR count). The van der Waals surface area contributed by atoms with Gasteiger partial charge in [-0.3, -0.25) is 0 Å². The summed E-state index contributed by atoms with van der Waals surface area (Å²) in [6.45, 7) is 2.14. The molecule has 0 saturated heterocycles. The zero-order valence-corrected chi connectivity index (χ0v) is 10.3. The normalized spacial score (nSPS) is 10.1. The van der Waals surface area contributed by atoms with Crippen LogP contribution in [0.5, 0.6) is 0 Å². The summed E-state index contributed by atoms with van der Waals surface area (Å²) in [6.07, 6.45) is 0. The first-order valence-electron chi connectivity index (χ1n) is 3.33. The number of aryl methyl sites for hydroxylation is 1. The van der Waals surface area contributed by atoms with Crippen molar-refractivity contribution in [3.8, 4) is 0 Å². The van der Waals surface area contributed by atoms with E-state index in [0.717, 1.165) is 0 Å². The number of pyridine rings is 1. The third-order valence-electron chi connectivity index (χ3n) is 1.34. The summed E-state index contributed by atoms with van der Waals surface area (Å²) in [6, 6.07) is 4.38. The van der Waals surface area contributed by atoms with Crippen LogP contribution < -0.4 is 9.18 Å². The van der Waals surface area contributed by atoms with E-state index in [0.29, 0.717) is 29.9 Å². The van der Waals surface area contributed by atoms with Gasteiger partial charge in [0.1, 0.15) is 0 Å². The van der Waals surface area contributed by atoms with E-state index in [1.165, 1.54) is 14.7 Å². The molecule has 0 aliphatic carbocycles. The summed E-state index contributed by atoms with van der Waals surface area (Å²) in [7, 11) is 0. The fraction of sp³-hybridized carbons (Fsp3) is 0.375. The Balaban J connectivity index is 3.02. The molecule has 1 nitrogen and oxygen atoms in total. The van der Waals surface area contributed by atoms with Gasteiger partial charge in [-0.2, -0.15) is 0 Å². The zero-order valence-electron chi connectivity index (χ0n) is 6.92. The first kappa shape index (κ1) is 9.28. The molecule has 60 valence electrons. The Kier molecular flexibility index (Phi) is 3.60. The van der Waals surface area contributed by atoms with Gasteiger partial charge in [-0.05, 0) is 0 Å². The second-order valence-electron chi connectivity index (χ2n) is 2.23. The predicted molar refractivity (Wildman–Crippen MR) is 51.5 cm³/mol. The van der Waals surface area contributed by atoms with E-state index in [1.54, 1.807) is 0 Å². The van der Waals surface area contributed by atoms with Gasteiger partial charge in [-0.15, -0.1) is 0 Å². The van der Waals surface area contributed by atoms with Crippen LogP contribution in [0.15, 0.2) is 12.1 Å². The molecule has 0 atom stereocenters. The Morgan fingerprint density at radius 1 is 1.09 bits per heavy atom. The molecule has 0 saturated carbocycles. The molecule has 0 aromatic carbocycles. The Hall–Kier alpha value is 0.189. The number of rotatable bonds is 2. The van der Waals surface area contributed by atoms with E-state index in [4.69, 9.17) is 0 Å². The number of hydrogen-bond donors (Lipinski definition) is 0. The monoisotopic (exact) mass is 281 g/mol. The van der Waals surface area contributed by atoms with Gasteiger partial charge in [0.15, 0.2) is 0 Å². The second kappa shape index (κ2) is 4.27. The summed E-state index contributed by atoms with van der Waals surface area (Å²) in [5, 5.41) is 0. The number of aromatic nitrogens is 1. The molecule has 0 spiro atoms. The van der Waals surface area contributed by atoms with Crippen molar-refractivity contribution in [2.45, 2.75) is 18.6 Å². The molecule has 0 amide bonds. The van der Waals surface area contributed by atoms with Gasteiger partial charge < -0.3 is 0 Å². The van der Waals surface area contributed by atoms with Crippen molar-refractivity contribution in [3.05, 3.63) is 17.7 Å². The van der Waals surface area contributed by atoms with E-state index in [9.17, 15) is 0 Å². The molecule has 0 aliphatic heterocycles. The summed E-state index contributed by atoms with van der Waals surface area (Å²) in [5.74, 6) is 4.42. The zero-order chi connectivity index (χ0) is 8.27. The maximum absolute atomic E-state index is 4.53. The Bertz CT molecular complexity index is 226. The standard InChI is InChI=1S/C8H11NSe2/c1-6-4-7(10-2)9-8(5-6)11-3/h4-5H,1-3H3. The molecule has 0 fully saturated rings. The van der Waals surface area contributed by atoms with Crippen molar-refractivity contribution in [2.75, 3.05) is 0 Å². The summed E-state index contributed by atoms with van der Waals surface area (Å²) in [5.41, 5.74) is 1.36. The van der Waals surface area contributed by atoms with Gasteiger partial charge in [0.25, 0.3) is 0 Å². The molecule has 3 heteroatoms. The number of hydrogen-bond acceptors (Lipinski definition) is 1. The van der Waals surface area contributed by atoms with Gasteiger partial charge in [0.05, 0.1) is 0 Å². The average Bonchev–Trinajstić information content (AvgIpc) is 2.03. The molecule has 0 N–H and O–H groups in total. The van der Waals surface area contributed by atoms with Gasteiger partial charge >= 0.3 is 80.3 Å².